The van der Waals surface area contributed by atoms with Crippen LogP contribution in [0.1, 0.15) is 60.8 Å². The molecule has 0 aromatic rings. The van der Waals surface area contributed by atoms with Crippen molar-refractivity contribution in [3.63, 3.8) is 0 Å². The summed E-state index contributed by atoms with van der Waals surface area (Å²) >= 11 is 0. The van der Waals surface area contributed by atoms with Crippen LogP contribution >= 0.6 is 0 Å². The number of rotatable bonds is 1. The maximum absolute atomic E-state index is 15.1. The number of alkyl halides is 1. The molecule has 0 radical (unpaired) electrons. The Morgan fingerprint density at radius 3 is 2.16 bits per heavy atom. The number of carbonyl (C=O) groups is 1. The van der Waals surface area contributed by atoms with Gasteiger partial charge in [-0.1, -0.05) is 20.8 Å². The van der Waals surface area contributed by atoms with Gasteiger partial charge in [0.05, 0.1) is 0 Å². The van der Waals surface area contributed by atoms with Gasteiger partial charge in [-0.15, -0.1) is 0 Å². The Hall–Kier alpha value is -0.640. The van der Waals surface area contributed by atoms with Gasteiger partial charge in [0.2, 0.25) is 5.67 Å². The zero-order chi connectivity index (χ0) is 15.1. The van der Waals surface area contributed by atoms with Crippen LogP contribution in [0.15, 0.2) is 0 Å². The lowest BCUT2D eigenvalue weighted by atomic mass is 9.66. The zero-order valence-corrected chi connectivity index (χ0v) is 13.0. The monoisotopic (exact) mass is 273 g/mol. The largest absolute Gasteiger partial charge is 0.458 e. The van der Waals surface area contributed by atoms with Crippen LogP contribution in [-0.2, 0) is 9.53 Å². The highest BCUT2D eigenvalue weighted by molar-refractivity contribution is 5.81. The van der Waals surface area contributed by atoms with E-state index in [0.717, 1.165) is 6.42 Å². The first-order chi connectivity index (χ1) is 8.36. The average molecular weight is 273 g/mol. The number of ether oxygens (including phenoxy) is 1. The van der Waals surface area contributed by atoms with E-state index in [0.29, 0.717) is 6.42 Å². The van der Waals surface area contributed by atoms with Crippen molar-refractivity contribution in [2.45, 2.75) is 78.1 Å². The van der Waals surface area contributed by atoms with Crippen LogP contribution in [0.4, 0.5) is 4.39 Å². The molecule has 4 heteroatoms. The first-order valence-electron chi connectivity index (χ1n) is 7.04. The Morgan fingerprint density at radius 2 is 1.74 bits per heavy atom. The minimum Gasteiger partial charge on any atom is -0.458 e. The summed E-state index contributed by atoms with van der Waals surface area (Å²) < 4.78 is 20.3. The number of carbonyl (C=O) groups excluding carboxylic acids is 1. The Morgan fingerprint density at radius 1 is 1.21 bits per heavy atom. The molecule has 0 heterocycles. The Balaban J connectivity index is 2.90. The summed E-state index contributed by atoms with van der Waals surface area (Å²) in [6.45, 7) is 11.4. The van der Waals surface area contributed by atoms with Gasteiger partial charge in [-0.05, 0) is 51.4 Å². The second-order valence-electron chi connectivity index (χ2n) is 7.82. The highest BCUT2D eigenvalue weighted by Crippen LogP contribution is 2.44. The van der Waals surface area contributed by atoms with Gasteiger partial charge >= 0.3 is 5.97 Å². The lowest BCUT2D eigenvalue weighted by Crippen LogP contribution is -2.57. The van der Waals surface area contributed by atoms with E-state index in [9.17, 15) is 4.79 Å². The average Bonchev–Trinajstić information content (AvgIpc) is 2.18. The van der Waals surface area contributed by atoms with Gasteiger partial charge < -0.3 is 10.5 Å². The fourth-order valence-corrected chi connectivity index (χ4v) is 2.56. The zero-order valence-electron chi connectivity index (χ0n) is 13.0. The van der Waals surface area contributed by atoms with Crippen molar-refractivity contribution in [1.82, 2.24) is 0 Å². The van der Waals surface area contributed by atoms with Gasteiger partial charge in [0.25, 0.3) is 0 Å². The van der Waals surface area contributed by atoms with Crippen molar-refractivity contribution < 1.29 is 13.9 Å². The Kier molecular flexibility index (Phi) is 4.35. The minimum absolute atomic E-state index is 0.0283. The maximum atomic E-state index is 15.1. The first-order valence-corrected chi connectivity index (χ1v) is 7.04. The maximum Gasteiger partial charge on any atom is 0.346 e. The third-order valence-electron chi connectivity index (χ3n) is 3.92. The van der Waals surface area contributed by atoms with E-state index < -0.39 is 23.3 Å². The van der Waals surface area contributed by atoms with Crippen LogP contribution in [-0.4, -0.2) is 23.3 Å². The van der Waals surface area contributed by atoms with Crippen molar-refractivity contribution in [1.29, 1.82) is 0 Å². The summed E-state index contributed by atoms with van der Waals surface area (Å²) in [6.07, 6.45) is 1.55. The van der Waals surface area contributed by atoms with Gasteiger partial charge in [0.15, 0.2) is 0 Å². The molecule has 0 bridgehead atoms. The summed E-state index contributed by atoms with van der Waals surface area (Å²) in [6, 6.07) is -0.763. The van der Waals surface area contributed by atoms with Crippen LogP contribution in [0.5, 0.6) is 0 Å². The first kappa shape index (κ1) is 16.4. The van der Waals surface area contributed by atoms with Gasteiger partial charge in [-0.2, -0.15) is 0 Å². The molecule has 1 aliphatic rings. The third-order valence-corrected chi connectivity index (χ3v) is 3.92. The fraction of sp³-hybridized carbons (Fsp3) is 0.933. The standard InChI is InChI=1S/C15H28FNO2/c1-13(2,3)10-7-8-11(17)15(16,9-10)12(18)19-14(4,5)6/h10-11H,7-9,17H2,1-6H3. The molecule has 2 N–H and O–H groups in total. The van der Waals surface area contributed by atoms with Crippen LogP contribution in [0.2, 0.25) is 0 Å². The molecule has 112 valence electrons. The molecular weight excluding hydrogens is 245 g/mol. The van der Waals surface area contributed by atoms with E-state index in [-0.39, 0.29) is 17.8 Å². The van der Waals surface area contributed by atoms with Crippen molar-refractivity contribution in [3.05, 3.63) is 0 Å². The Labute approximate surface area is 116 Å². The highest BCUT2D eigenvalue weighted by atomic mass is 19.1. The Bertz CT molecular complexity index is 343. The molecule has 1 fully saturated rings. The van der Waals surface area contributed by atoms with Crippen molar-refractivity contribution in [2.24, 2.45) is 17.1 Å². The second kappa shape index (κ2) is 5.04. The lowest BCUT2D eigenvalue weighted by molar-refractivity contribution is -0.175. The lowest BCUT2D eigenvalue weighted by Gasteiger charge is -2.43. The molecule has 0 amide bonds. The van der Waals surface area contributed by atoms with Crippen molar-refractivity contribution >= 4 is 5.97 Å². The topological polar surface area (TPSA) is 52.3 Å². The number of esters is 1. The van der Waals surface area contributed by atoms with Gasteiger partial charge in [-0.25, -0.2) is 9.18 Å². The third kappa shape index (κ3) is 3.91. The molecule has 19 heavy (non-hydrogen) atoms. The molecule has 3 unspecified atom stereocenters. The minimum atomic E-state index is -2.05. The van der Waals surface area contributed by atoms with Crippen LogP contribution in [0.3, 0.4) is 0 Å². The van der Waals surface area contributed by atoms with E-state index in [1.807, 2.05) is 0 Å². The smallest absolute Gasteiger partial charge is 0.346 e. The summed E-state index contributed by atoms with van der Waals surface area (Å²) in [5, 5.41) is 0. The molecule has 3 atom stereocenters. The summed E-state index contributed by atoms with van der Waals surface area (Å²) in [7, 11) is 0. The summed E-state index contributed by atoms with van der Waals surface area (Å²) in [5.41, 5.74) is 3.09. The number of nitrogens with two attached hydrogens (primary N) is 1. The molecule has 1 saturated carbocycles. The predicted molar refractivity (Wildman–Crippen MR) is 74.5 cm³/mol. The molecule has 0 saturated heterocycles. The molecule has 0 aliphatic heterocycles. The SMILES string of the molecule is CC(C)(C)OC(=O)C1(F)CC(C(C)(C)C)CCC1N. The van der Waals surface area contributed by atoms with E-state index >= 15 is 4.39 Å². The quantitative estimate of drug-likeness (QED) is 0.746. The molecule has 0 spiro atoms. The molecule has 3 nitrogen and oxygen atoms in total. The molecule has 0 aromatic heterocycles. The van der Waals surface area contributed by atoms with Gasteiger partial charge in [-0.3, -0.25) is 0 Å². The van der Waals surface area contributed by atoms with Gasteiger partial charge in [0.1, 0.15) is 5.60 Å². The van der Waals surface area contributed by atoms with Crippen LogP contribution in [0.25, 0.3) is 0 Å². The molecule has 1 rings (SSSR count). The van der Waals surface area contributed by atoms with E-state index in [2.05, 4.69) is 20.8 Å². The highest BCUT2D eigenvalue weighted by Gasteiger charge is 2.52. The second-order valence-corrected chi connectivity index (χ2v) is 7.82. The fourth-order valence-electron chi connectivity index (χ4n) is 2.56. The summed E-state index contributed by atoms with van der Waals surface area (Å²) in [5.74, 6) is -0.661. The predicted octanol–water partition coefficient (Wildman–Crippen LogP) is 3.21. The van der Waals surface area contributed by atoms with E-state index in [1.54, 1.807) is 20.8 Å². The number of hydrogen-bond donors (Lipinski definition) is 1. The van der Waals surface area contributed by atoms with Gasteiger partial charge in [0, 0.05) is 6.04 Å². The molecule has 0 aromatic carbocycles. The number of hydrogen-bond acceptors (Lipinski definition) is 3. The van der Waals surface area contributed by atoms with Crippen LogP contribution in [0, 0.1) is 11.3 Å². The van der Waals surface area contributed by atoms with E-state index in [1.165, 1.54) is 0 Å². The summed E-state index contributed by atoms with van der Waals surface area (Å²) in [4.78, 5) is 12.1. The van der Waals surface area contributed by atoms with Crippen molar-refractivity contribution in [3.8, 4) is 0 Å². The molecular formula is C15H28FNO2. The van der Waals surface area contributed by atoms with Crippen molar-refractivity contribution in [2.75, 3.05) is 0 Å². The molecule has 1 aliphatic carbocycles. The number of halogens is 1. The van der Waals surface area contributed by atoms with Crippen LogP contribution < -0.4 is 5.73 Å². The van der Waals surface area contributed by atoms with E-state index in [4.69, 9.17) is 10.5 Å². The normalized spacial score (nSPS) is 33.1.